The molecule has 0 saturated heterocycles. The zero-order chi connectivity index (χ0) is 23.2. The van der Waals surface area contributed by atoms with E-state index in [9.17, 15) is 14.4 Å². The van der Waals surface area contributed by atoms with E-state index in [2.05, 4.69) is 6.58 Å². The van der Waals surface area contributed by atoms with Gasteiger partial charge in [0.25, 0.3) is 0 Å². The van der Waals surface area contributed by atoms with Gasteiger partial charge in [0.05, 0.1) is 32.0 Å². The molecule has 8 heteroatoms. The molecule has 0 heterocycles. The SMILES string of the molecule is C=CC(=O)OCCCOc1ccc(OC(=O)c2ccc(OCCCOC(C)=O)cc2)cc1. The van der Waals surface area contributed by atoms with Crippen LogP contribution in [0.2, 0.25) is 0 Å². The maximum atomic E-state index is 12.3. The van der Waals surface area contributed by atoms with Crippen molar-refractivity contribution in [3.63, 3.8) is 0 Å². The molecule has 32 heavy (non-hydrogen) atoms. The van der Waals surface area contributed by atoms with Crippen LogP contribution in [0.5, 0.6) is 17.2 Å². The predicted molar refractivity (Wildman–Crippen MR) is 116 cm³/mol. The third-order valence-corrected chi connectivity index (χ3v) is 3.96. The van der Waals surface area contributed by atoms with Crippen molar-refractivity contribution in [3.05, 3.63) is 66.7 Å². The van der Waals surface area contributed by atoms with Crippen LogP contribution in [0.4, 0.5) is 0 Å². The predicted octanol–water partition coefficient (Wildman–Crippen LogP) is 3.74. The van der Waals surface area contributed by atoms with Gasteiger partial charge in [0.1, 0.15) is 17.2 Å². The Kier molecular flexibility index (Phi) is 10.3. The molecule has 0 radical (unpaired) electrons. The standard InChI is InChI=1S/C24H26O8/c1-3-23(26)31-17-5-16-30-21-10-12-22(13-11-21)32-24(27)19-6-8-20(9-7-19)29-15-4-14-28-18(2)25/h3,6-13H,1,4-5,14-17H2,2H3. The Balaban J connectivity index is 1.72. The largest absolute Gasteiger partial charge is 0.493 e. The highest BCUT2D eigenvalue weighted by atomic mass is 16.5. The lowest BCUT2D eigenvalue weighted by atomic mass is 10.2. The zero-order valence-electron chi connectivity index (χ0n) is 17.9. The van der Waals surface area contributed by atoms with Crippen LogP contribution in [0.25, 0.3) is 0 Å². The van der Waals surface area contributed by atoms with Crippen molar-refractivity contribution in [2.45, 2.75) is 19.8 Å². The van der Waals surface area contributed by atoms with Crippen LogP contribution < -0.4 is 14.2 Å². The minimum absolute atomic E-state index is 0.249. The highest BCUT2D eigenvalue weighted by Crippen LogP contribution is 2.20. The molecule has 0 aliphatic rings. The second kappa shape index (κ2) is 13.5. The lowest BCUT2D eigenvalue weighted by molar-refractivity contribution is -0.141. The van der Waals surface area contributed by atoms with Crippen LogP contribution in [0.3, 0.4) is 0 Å². The average molecular weight is 442 g/mol. The molecule has 2 aromatic rings. The summed E-state index contributed by atoms with van der Waals surface area (Å²) < 4.78 is 26.1. The van der Waals surface area contributed by atoms with Gasteiger partial charge < -0.3 is 23.7 Å². The van der Waals surface area contributed by atoms with Gasteiger partial charge in [0, 0.05) is 25.8 Å². The van der Waals surface area contributed by atoms with Crippen molar-refractivity contribution in [2.24, 2.45) is 0 Å². The summed E-state index contributed by atoms with van der Waals surface area (Å²) >= 11 is 0. The third kappa shape index (κ3) is 9.34. The summed E-state index contributed by atoms with van der Waals surface area (Å²) in [6, 6.07) is 13.2. The van der Waals surface area contributed by atoms with Gasteiger partial charge in [0.2, 0.25) is 0 Å². The molecule has 2 aromatic carbocycles. The zero-order valence-corrected chi connectivity index (χ0v) is 17.9. The van der Waals surface area contributed by atoms with E-state index in [1.807, 2.05) is 0 Å². The molecule has 0 aliphatic carbocycles. The normalized spacial score (nSPS) is 10.0. The fourth-order valence-corrected chi connectivity index (χ4v) is 2.40. The molecule has 0 saturated carbocycles. The third-order valence-electron chi connectivity index (χ3n) is 3.96. The van der Waals surface area contributed by atoms with Crippen LogP contribution in [-0.4, -0.2) is 44.3 Å². The molecular formula is C24H26O8. The number of carbonyl (C=O) groups excluding carboxylic acids is 3. The minimum Gasteiger partial charge on any atom is -0.493 e. The monoisotopic (exact) mass is 442 g/mol. The van der Waals surface area contributed by atoms with Gasteiger partial charge in [-0.25, -0.2) is 9.59 Å². The number of rotatable bonds is 13. The van der Waals surface area contributed by atoms with Crippen LogP contribution in [0, 0.1) is 0 Å². The first-order valence-electron chi connectivity index (χ1n) is 10.1. The van der Waals surface area contributed by atoms with Gasteiger partial charge in [-0.1, -0.05) is 6.58 Å². The summed E-state index contributed by atoms with van der Waals surface area (Å²) in [6.45, 7) is 6.00. The fraction of sp³-hybridized carbons (Fsp3) is 0.292. The Morgan fingerprint density at radius 2 is 1.25 bits per heavy atom. The van der Waals surface area contributed by atoms with Crippen molar-refractivity contribution >= 4 is 17.9 Å². The Hall–Kier alpha value is -3.81. The molecular weight excluding hydrogens is 416 g/mol. The Morgan fingerprint density at radius 3 is 1.78 bits per heavy atom. The second-order valence-electron chi connectivity index (χ2n) is 6.50. The summed E-state index contributed by atoms with van der Waals surface area (Å²) in [6.07, 6.45) is 2.23. The maximum absolute atomic E-state index is 12.3. The molecule has 0 atom stereocenters. The quantitative estimate of drug-likeness (QED) is 0.200. The summed E-state index contributed by atoms with van der Waals surface area (Å²) in [4.78, 5) is 33.9. The molecule has 8 nitrogen and oxygen atoms in total. The van der Waals surface area contributed by atoms with Gasteiger partial charge in [-0.3, -0.25) is 4.79 Å². The smallest absolute Gasteiger partial charge is 0.343 e. The summed E-state index contributed by atoms with van der Waals surface area (Å²) in [7, 11) is 0. The first kappa shape index (κ1) is 24.5. The van der Waals surface area contributed by atoms with E-state index in [1.165, 1.54) is 6.92 Å². The number of ether oxygens (including phenoxy) is 5. The second-order valence-corrected chi connectivity index (χ2v) is 6.50. The molecule has 0 unspecified atom stereocenters. The van der Waals surface area contributed by atoms with Crippen LogP contribution in [0.1, 0.15) is 30.1 Å². The highest BCUT2D eigenvalue weighted by Gasteiger charge is 2.09. The first-order chi connectivity index (χ1) is 15.5. The summed E-state index contributed by atoms with van der Waals surface area (Å²) in [5, 5.41) is 0. The van der Waals surface area contributed by atoms with E-state index >= 15 is 0 Å². The van der Waals surface area contributed by atoms with Gasteiger partial charge in [-0.05, 0) is 48.5 Å². The van der Waals surface area contributed by atoms with Crippen LogP contribution in [0.15, 0.2) is 61.2 Å². The number of benzene rings is 2. The maximum Gasteiger partial charge on any atom is 0.343 e. The average Bonchev–Trinajstić information content (AvgIpc) is 2.79. The van der Waals surface area contributed by atoms with Crippen molar-refractivity contribution in [1.29, 1.82) is 0 Å². The van der Waals surface area contributed by atoms with E-state index in [0.717, 1.165) is 6.08 Å². The molecule has 0 fully saturated rings. The number of hydrogen-bond donors (Lipinski definition) is 0. The number of carbonyl (C=O) groups is 3. The van der Waals surface area contributed by atoms with Gasteiger partial charge in [-0.15, -0.1) is 0 Å². The van der Waals surface area contributed by atoms with E-state index in [4.69, 9.17) is 23.7 Å². The first-order valence-corrected chi connectivity index (χ1v) is 10.1. The molecule has 0 aliphatic heterocycles. The topological polar surface area (TPSA) is 97.4 Å². The van der Waals surface area contributed by atoms with E-state index in [0.29, 0.717) is 55.5 Å². The van der Waals surface area contributed by atoms with Crippen LogP contribution >= 0.6 is 0 Å². The molecule has 0 aromatic heterocycles. The molecule has 170 valence electrons. The highest BCUT2D eigenvalue weighted by molar-refractivity contribution is 5.91. The summed E-state index contributed by atoms with van der Waals surface area (Å²) in [5.41, 5.74) is 0.381. The molecule has 0 bridgehead atoms. The van der Waals surface area contributed by atoms with Crippen molar-refractivity contribution in [2.75, 3.05) is 26.4 Å². The fourth-order valence-electron chi connectivity index (χ4n) is 2.40. The van der Waals surface area contributed by atoms with Crippen LogP contribution in [-0.2, 0) is 19.1 Å². The molecule has 0 spiro atoms. The van der Waals surface area contributed by atoms with Crippen molar-refractivity contribution in [1.82, 2.24) is 0 Å². The Bertz CT molecular complexity index is 887. The van der Waals surface area contributed by atoms with E-state index < -0.39 is 11.9 Å². The molecule has 2 rings (SSSR count). The van der Waals surface area contributed by atoms with Gasteiger partial charge in [0.15, 0.2) is 0 Å². The Morgan fingerprint density at radius 1 is 0.750 bits per heavy atom. The molecule has 0 N–H and O–H groups in total. The van der Waals surface area contributed by atoms with Gasteiger partial charge in [-0.2, -0.15) is 0 Å². The number of esters is 3. The lowest BCUT2D eigenvalue weighted by Crippen LogP contribution is -2.09. The van der Waals surface area contributed by atoms with E-state index in [1.54, 1.807) is 48.5 Å². The Labute approximate surface area is 186 Å². The number of hydrogen-bond acceptors (Lipinski definition) is 8. The van der Waals surface area contributed by atoms with Crippen molar-refractivity contribution in [3.8, 4) is 17.2 Å². The molecule has 0 amide bonds. The van der Waals surface area contributed by atoms with Crippen molar-refractivity contribution < 1.29 is 38.1 Å². The summed E-state index contributed by atoms with van der Waals surface area (Å²) in [5.74, 6) is 0.311. The minimum atomic E-state index is -0.496. The lowest BCUT2D eigenvalue weighted by Gasteiger charge is -2.09. The van der Waals surface area contributed by atoms with Gasteiger partial charge >= 0.3 is 17.9 Å². The van der Waals surface area contributed by atoms with E-state index in [-0.39, 0.29) is 12.6 Å².